The van der Waals surface area contributed by atoms with Crippen LogP contribution in [0.3, 0.4) is 0 Å². The van der Waals surface area contributed by atoms with E-state index in [0.717, 1.165) is 12.1 Å². The molecule has 7 nitrogen and oxygen atoms in total. The quantitative estimate of drug-likeness (QED) is 0.693. The van der Waals surface area contributed by atoms with Gasteiger partial charge in [-0.1, -0.05) is 6.07 Å². The molecule has 1 aromatic carbocycles. The first kappa shape index (κ1) is 14.6. The highest BCUT2D eigenvalue weighted by Gasteiger charge is 2.19. The highest BCUT2D eigenvalue weighted by molar-refractivity contribution is 7.89. The second-order valence-corrected chi connectivity index (χ2v) is 5.74. The van der Waals surface area contributed by atoms with Gasteiger partial charge in [0.15, 0.2) is 0 Å². The van der Waals surface area contributed by atoms with E-state index in [-0.39, 0.29) is 13.2 Å². The molecular formula is C11H13FN4O3S. The van der Waals surface area contributed by atoms with Crippen molar-refractivity contribution >= 4 is 10.0 Å². The average Bonchev–Trinajstić information content (AvgIpc) is 2.92. The Bertz CT molecular complexity index is 673. The van der Waals surface area contributed by atoms with Crippen LogP contribution in [0.5, 0.6) is 0 Å². The first-order chi connectivity index (χ1) is 9.53. The van der Waals surface area contributed by atoms with Gasteiger partial charge in [-0.3, -0.25) is 5.10 Å². The molecule has 2 aromatic rings. The van der Waals surface area contributed by atoms with E-state index in [1.165, 1.54) is 12.4 Å². The van der Waals surface area contributed by atoms with Gasteiger partial charge in [0.1, 0.15) is 22.9 Å². The Balaban J connectivity index is 2.09. The third-order valence-corrected chi connectivity index (χ3v) is 4.06. The molecule has 0 amide bonds. The lowest BCUT2D eigenvalue weighted by Gasteiger charge is -2.08. The van der Waals surface area contributed by atoms with Gasteiger partial charge in [-0.05, 0) is 17.7 Å². The standard InChI is InChI=1S/C11H13FN4O3S/c12-9-2-1-8(6-17)5-10(9)20(18,19)15-4-3-11-13-7-14-16-11/h1-2,5,7,15,17H,3-4,6H2,(H,13,14,16). The zero-order chi connectivity index (χ0) is 14.6. The average molecular weight is 300 g/mol. The lowest BCUT2D eigenvalue weighted by molar-refractivity contribution is 0.281. The number of nitrogens with zero attached hydrogens (tertiary/aromatic N) is 2. The van der Waals surface area contributed by atoms with Crippen molar-refractivity contribution in [3.63, 3.8) is 0 Å². The third-order valence-electron chi connectivity index (χ3n) is 2.59. The van der Waals surface area contributed by atoms with Crippen LogP contribution in [0.4, 0.5) is 4.39 Å². The summed E-state index contributed by atoms with van der Waals surface area (Å²) in [7, 11) is -3.97. The van der Waals surface area contributed by atoms with Crippen molar-refractivity contribution in [2.24, 2.45) is 0 Å². The number of nitrogens with one attached hydrogen (secondary N) is 2. The molecule has 0 aliphatic carbocycles. The van der Waals surface area contributed by atoms with E-state index in [4.69, 9.17) is 5.11 Å². The number of aliphatic hydroxyl groups is 1. The van der Waals surface area contributed by atoms with E-state index in [9.17, 15) is 12.8 Å². The maximum Gasteiger partial charge on any atom is 0.243 e. The van der Waals surface area contributed by atoms with Crippen molar-refractivity contribution in [1.82, 2.24) is 19.9 Å². The van der Waals surface area contributed by atoms with Crippen LogP contribution in [0, 0.1) is 5.82 Å². The smallest absolute Gasteiger partial charge is 0.243 e. The van der Waals surface area contributed by atoms with E-state index in [2.05, 4.69) is 19.9 Å². The molecule has 0 aliphatic heterocycles. The number of sulfonamides is 1. The van der Waals surface area contributed by atoms with E-state index in [1.54, 1.807) is 0 Å². The number of halogens is 1. The van der Waals surface area contributed by atoms with Crippen LogP contribution in [0.25, 0.3) is 0 Å². The first-order valence-corrected chi connectivity index (χ1v) is 7.24. The molecule has 0 bridgehead atoms. The number of benzene rings is 1. The lowest BCUT2D eigenvalue weighted by atomic mass is 10.2. The number of aromatic nitrogens is 3. The molecule has 108 valence electrons. The van der Waals surface area contributed by atoms with Crippen LogP contribution in [-0.2, 0) is 23.1 Å². The van der Waals surface area contributed by atoms with Crippen molar-refractivity contribution in [3.8, 4) is 0 Å². The fourth-order valence-electron chi connectivity index (χ4n) is 1.58. The normalized spacial score (nSPS) is 11.7. The molecule has 3 N–H and O–H groups in total. The van der Waals surface area contributed by atoms with E-state index >= 15 is 0 Å². The van der Waals surface area contributed by atoms with Crippen molar-refractivity contribution < 1.29 is 17.9 Å². The Labute approximate surface area is 114 Å². The summed E-state index contributed by atoms with van der Waals surface area (Å²) in [6.45, 7) is -0.304. The lowest BCUT2D eigenvalue weighted by Crippen LogP contribution is -2.27. The predicted molar refractivity (Wildman–Crippen MR) is 67.6 cm³/mol. The number of hydrogen-bond acceptors (Lipinski definition) is 5. The maximum atomic E-state index is 13.6. The molecule has 2 rings (SSSR count). The van der Waals surface area contributed by atoms with Gasteiger partial charge in [-0.15, -0.1) is 0 Å². The van der Waals surface area contributed by atoms with Crippen LogP contribution < -0.4 is 4.72 Å². The Hall–Kier alpha value is -1.84. The second-order valence-electron chi connectivity index (χ2n) is 4.00. The van der Waals surface area contributed by atoms with Gasteiger partial charge in [-0.2, -0.15) is 5.10 Å². The molecule has 20 heavy (non-hydrogen) atoms. The molecule has 1 aromatic heterocycles. The number of aliphatic hydroxyl groups excluding tert-OH is 1. The molecule has 0 spiro atoms. The summed E-state index contributed by atoms with van der Waals surface area (Å²) in [6.07, 6.45) is 1.62. The van der Waals surface area contributed by atoms with E-state index in [1.807, 2.05) is 0 Å². The summed E-state index contributed by atoms with van der Waals surface area (Å²) in [5, 5.41) is 15.2. The van der Waals surface area contributed by atoms with Crippen LogP contribution >= 0.6 is 0 Å². The monoisotopic (exact) mass is 300 g/mol. The molecule has 0 saturated carbocycles. The molecule has 0 saturated heterocycles. The first-order valence-electron chi connectivity index (χ1n) is 5.76. The summed E-state index contributed by atoms with van der Waals surface area (Å²) in [4.78, 5) is 3.36. The van der Waals surface area contributed by atoms with Crippen molar-refractivity contribution in [1.29, 1.82) is 0 Å². The van der Waals surface area contributed by atoms with Gasteiger partial charge < -0.3 is 5.11 Å². The summed E-state index contributed by atoms with van der Waals surface area (Å²) in [6, 6.07) is 3.44. The van der Waals surface area contributed by atoms with Gasteiger partial charge >= 0.3 is 0 Å². The van der Waals surface area contributed by atoms with E-state index < -0.39 is 20.7 Å². The second kappa shape index (κ2) is 6.07. The topological polar surface area (TPSA) is 108 Å². The molecule has 0 aliphatic rings. The number of H-pyrrole nitrogens is 1. The Kier molecular flexibility index (Phi) is 4.42. The maximum absolute atomic E-state index is 13.6. The van der Waals surface area contributed by atoms with Gasteiger partial charge in [-0.25, -0.2) is 22.5 Å². The Morgan fingerprint density at radius 1 is 1.40 bits per heavy atom. The van der Waals surface area contributed by atoms with Crippen LogP contribution in [-0.4, -0.2) is 35.3 Å². The predicted octanol–water partition coefficient (Wildman–Crippen LogP) is -0.0429. The van der Waals surface area contributed by atoms with E-state index in [0.29, 0.717) is 17.8 Å². The molecule has 0 radical (unpaired) electrons. The van der Waals surface area contributed by atoms with Crippen molar-refractivity contribution in [2.45, 2.75) is 17.9 Å². The van der Waals surface area contributed by atoms with Crippen LogP contribution in [0.15, 0.2) is 29.4 Å². The van der Waals surface area contributed by atoms with Crippen molar-refractivity contribution in [3.05, 3.63) is 41.7 Å². The molecular weight excluding hydrogens is 287 g/mol. The minimum Gasteiger partial charge on any atom is -0.392 e. The highest BCUT2D eigenvalue weighted by Crippen LogP contribution is 2.16. The van der Waals surface area contributed by atoms with Crippen LogP contribution in [0.2, 0.25) is 0 Å². The summed E-state index contributed by atoms with van der Waals surface area (Å²) < 4.78 is 39.8. The fourth-order valence-corrected chi connectivity index (χ4v) is 2.74. The third kappa shape index (κ3) is 3.38. The van der Waals surface area contributed by atoms with Gasteiger partial charge in [0, 0.05) is 13.0 Å². The van der Waals surface area contributed by atoms with Crippen LogP contribution in [0.1, 0.15) is 11.4 Å². The SMILES string of the molecule is O=S(=O)(NCCc1ncn[nH]1)c1cc(CO)ccc1F. The molecule has 0 atom stereocenters. The number of aromatic amines is 1. The largest absolute Gasteiger partial charge is 0.392 e. The minimum atomic E-state index is -3.97. The molecule has 9 heteroatoms. The fraction of sp³-hybridized carbons (Fsp3) is 0.273. The van der Waals surface area contributed by atoms with Gasteiger partial charge in [0.2, 0.25) is 10.0 Å². The number of rotatable bonds is 6. The zero-order valence-corrected chi connectivity index (χ0v) is 11.2. The molecule has 0 unspecified atom stereocenters. The summed E-state index contributed by atoms with van der Waals surface area (Å²) in [5.74, 6) is -0.341. The summed E-state index contributed by atoms with van der Waals surface area (Å²) >= 11 is 0. The molecule has 1 heterocycles. The van der Waals surface area contributed by atoms with Gasteiger partial charge in [0.25, 0.3) is 0 Å². The zero-order valence-electron chi connectivity index (χ0n) is 10.4. The molecule has 0 fully saturated rings. The Morgan fingerprint density at radius 2 is 2.20 bits per heavy atom. The Morgan fingerprint density at radius 3 is 2.85 bits per heavy atom. The van der Waals surface area contributed by atoms with Crippen molar-refractivity contribution in [2.75, 3.05) is 6.54 Å². The summed E-state index contributed by atoms with van der Waals surface area (Å²) in [5.41, 5.74) is 0.321. The highest BCUT2D eigenvalue weighted by atomic mass is 32.2. The number of hydrogen-bond donors (Lipinski definition) is 3. The minimum absolute atomic E-state index is 0.0559. The van der Waals surface area contributed by atoms with Gasteiger partial charge in [0.05, 0.1) is 6.61 Å².